The molecule has 4 rings (SSSR count). The monoisotopic (exact) mass is 448 g/mol. The van der Waals surface area contributed by atoms with E-state index in [4.69, 9.17) is 21.1 Å². The Bertz CT molecular complexity index is 1220. The lowest BCUT2D eigenvalue weighted by molar-refractivity contribution is 0.0944. The number of ether oxygens (including phenoxy) is 2. The molecule has 0 atom stereocenters. The third-order valence-corrected chi connectivity index (χ3v) is 5.10. The molecule has 0 spiro atoms. The van der Waals surface area contributed by atoms with E-state index in [2.05, 4.69) is 15.4 Å². The molecule has 0 unspecified atom stereocenters. The third-order valence-electron chi connectivity index (χ3n) is 4.85. The number of anilines is 1. The Labute approximate surface area is 190 Å². The molecule has 4 aromatic rings. The normalized spacial score (nSPS) is 10.6. The van der Waals surface area contributed by atoms with Gasteiger partial charge in [-0.25, -0.2) is 0 Å². The maximum absolute atomic E-state index is 13.4. The van der Waals surface area contributed by atoms with Gasteiger partial charge in [0.25, 0.3) is 5.91 Å². The number of carbonyl (C=O) groups excluding carboxylic acids is 1. The van der Waals surface area contributed by atoms with Crippen molar-refractivity contribution in [1.29, 1.82) is 0 Å². The number of nitrogens with one attached hydrogen (secondary N) is 1. The van der Waals surface area contributed by atoms with Crippen molar-refractivity contribution >= 4 is 23.5 Å². The highest BCUT2D eigenvalue weighted by molar-refractivity contribution is 6.30. The molecule has 1 heterocycles. The quantitative estimate of drug-likeness (QED) is 0.432. The number of aromatic nitrogens is 3. The first-order chi connectivity index (χ1) is 15.6. The maximum Gasteiger partial charge on any atom is 0.285 e. The summed E-state index contributed by atoms with van der Waals surface area (Å²) in [5, 5.41) is 8.36. The second kappa shape index (κ2) is 9.53. The lowest BCUT2D eigenvalue weighted by atomic mass is 10.2. The lowest BCUT2D eigenvalue weighted by Crippen LogP contribution is -2.18. The summed E-state index contributed by atoms with van der Waals surface area (Å²) in [6.45, 7) is 0.442. The summed E-state index contributed by atoms with van der Waals surface area (Å²) in [5.74, 6) is 1.56. The second-order valence-electron chi connectivity index (χ2n) is 6.88. The highest BCUT2D eigenvalue weighted by Crippen LogP contribution is 2.24. The van der Waals surface area contributed by atoms with E-state index < -0.39 is 0 Å². The summed E-state index contributed by atoms with van der Waals surface area (Å²) in [6.07, 6.45) is 0. The first kappa shape index (κ1) is 21.4. The van der Waals surface area contributed by atoms with Crippen LogP contribution in [0.3, 0.4) is 0 Å². The molecule has 0 aliphatic rings. The van der Waals surface area contributed by atoms with Crippen molar-refractivity contribution in [3.05, 3.63) is 88.9 Å². The highest BCUT2D eigenvalue weighted by Gasteiger charge is 2.21. The number of methoxy groups -OCH3 is 2. The van der Waals surface area contributed by atoms with Crippen LogP contribution in [0.4, 0.5) is 5.95 Å². The number of halogens is 1. The van der Waals surface area contributed by atoms with E-state index in [1.165, 1.54) is 11.8 Å². The Hall–Kier alpha value is -3.84. The fourth-order valence-corrected chi connectivity index (χ4v) is 3.28. The van der Waals surface area contributed by atoms with E-state index in [-0.39, 0.29) is 5.91 Å². The predicted molar refractivity (Wildman–Crippen MR) is 124 cm³/mol. The predicted octanol–water partition coefficient (Wildman–Crippen LogP) is 4.92. The molecule has 0 amide bonds. The number of hydrogen-bond acceptors (Lipinski definition) is 6. The molecule has 3 aromatic carbocycles. The van der Waals surface area contributed by atoms with Crippen molar-refractivity contribution in [3.63, 3.8) is 0 Å². The van der Waals surface area contributed by atoms with Gasteiger partial charge in [0.15, 0.2) is 5.82 Å². The van der Waals surface area contributed by atoms with E-state index in [9.17, 15) is 4.79 Å². The average Bonchev–Trinajstić information content (AvgIpc) is 3.27. The van der Waals surface area contributed by atoms with Gasteiger partial charge in [0, 0.05) is 17.1 Å². The molecule has 0 fully saturated rings. The van der Waals surface area contributed by atoms with Crippen LogP contribution in [0.5, 0.6) is 11.5 Å². The molecule has 0 saturated heterocycles. The fraction of sp³-hybridized carbons (Fsp3) is 0.125. The zero-order chi connectivity index (χ0) is 22.5. The molecule has 0 bridgehead atoms. The fourth-order valence-electron chi connectivity index (χ4n) is 3.15. The van der Waals surface area contributed by atoms with E-state index in [1.54, 1.807) is 31.4 Å². The number of rotatable bonds is 7. The Kier molecular flexibility index (Phi) is 6.37. The molecular weight excluding hydrogens is 428 g/mol. The van der Waals surface area contributed by atoms with Crippen LogP contribution in [0.25, 0.3) is 11.4 Å². The van der Waals surface area contributed by atoms with E-state index in [0.717, 1.165) is 16.9 Å². The number of carbonyl (C=O) groups is 1. The Morgan fingerprint density at radius 1 is 0.969 bits per heavy atom. The van der Waals surface area contributed by atoms with Gasteiger partial charge in [-0.15, -0.1) is 5.10 Å². The van der Waals surface area contributed by atoms with Gasteiger partial charge in [-0.3, -0.25) is 4.79 Å². The summed E-state index contributed by atoms with van der Waals surface area (Å²) in [5.41, 5.74) is 2.13. The summed E-state index contributed by atoms with van der Waals surface area (Å²) in [6, 6.07) is 21.8. The van der Waals surface area contributed by atoms with Crippen LogP contribution < -0.4 is 14.8 Å². The Morgan fingerprint density at radius 3 is 2.38 bits per heavy atom. The van der Waals surface area contributed by atoms with Crippen LogP contribution in [0.15, 0.2) is 72.8 Å². The van der Waals surface area contributed by atoms with Gasteiger partial charge in [-0.05, 0) is 54.1 Å². The zero-order valence-electron chi connectivity index (χ0n) is 17.6. The van der Waals surface area contributed by atoms with Crippen LogP contribution in [0, 0.1) is 0 Å². The molecule has 1 aromatic heterocycles. The first-order valence-corrected chi connectivity index (χ1v) is 10.2. The summed E-state index contributed by atoms with van der Waals surface area (Å²) in [4.78, 5) is 17.9. The number of benzene rings is 3. The molecule has 8 heteroatoms. The van der Waals surface area contributed by atoms with Crippen LogP contribution in [0.1, 0.15) is 15.9 Å². The minimum Gasteiger partial charge on any atom is -0.497 e. The number of nitrogens with zero attached hydrogens (tertiary/aromatic N) is 3. The van der Waals surface area contributed by atoms with E-state index >= 15 is 0 Å². The second-order valence-corrected chi connectivity index (χ2v) is 7.32. The molecule has 0 saturated carbocycles. The third kappa shape index (κ3) is 4.58. The van der Waals surface area contributed by atoms with Crippen molar-refractivity contribution in [3.8, 4) is 22.9 Å². The average molecular weight is 449 g/mol. The first-order valence-electron chi connectivity index (χ1n) is 9.86. The summed E-state index contributed by atoms with van der Waals surface area (Å²) < 4.78 is 11.8. The van der Waals surface area contributed by atoms with E-state index in [0.29, 0.717) is 34.7 Å². The standard InChI is InChI=1S/C24H21ClN4O3/c1-31-19-13-9-17(10-14-19)22-27-24(26-15-16-7-11-18(25)12-8-16)29(28-22)23(30)20-5-3-4-6-21(20)32-2/h3-14H,15H2,1-2H3,(H,26,27,28). The zero-order valence-corrected chi connectivity index (χ0v) is 18.3. The Morgan fingerprint density at radius 2 is 1.69 bits per heavy atom. The molecular formula is C24H21ClN4O3. The van der Waals surface area contributed by atoms with Gasteiger partial charge < -0.3 is 14.8 Å². The van der Waals surface area contributed by atoms with Gasteiger partial charge in [0.2, 0.25) is 5.95 Å². The highest BCUT2D eigenvalue weighted by atomic mass is 35.5. The van der Waals surface area contributed by atoms with Gasteiger partial charge >= 0.3 is 0 Å². The van der Waals surface area contributed by atoms with Crippen molar-refractivity contribution in [2.75, 3.05) is 19.5 Å². The van der Waals surface area contributed by atoms with Crippen LogP contribution >= 0.6 is 11.6 Å². The summed E-state index contributed by atoms with van der Waals surface area (Å²) >= 11 is 5.97. The largest absolute Gasteiger partial charge is 0.497 e. The molecule has 1 N–H and O–H groups in total. The molecule has 32 heavy (non-hydrogen) atoms. The van der Waals surface area contributed by atoms with Crippen molar-refractivity contribution < 1.29 is 14.3 Å². The van der Waals surface area contributed by atoms with Gasteiger partial charge in [0.05, 0.1) is 19.8 Å². The topological polar surface area (TPSA) is 78.3 Å². The lowest BCUT2D eigenvalue weighted by Gasteiger charge is -2.10. The van der Waals surface area contributed by atoms with Crippen LogP contribution in [-0.2, 0) is 6.54 Å². The maximum atomic E-state index is 13.4. The minimum absolute atomic E-state index is 0.321. The smallest absolute Gasteiger partial charge is 0.285 e. The minimum atomic E-state index is -0.353. The van der Waals surface area contributed by atoms with Crippen molar-refractivity contribution in [2.24, 2.45) is 0 Å². The van der Waals surface area contributed by atoms with Gasteiger partial charge in [-0.2, -0.15) is 9.67 Å². The Balaban J connectivity index is 1.70. The van der Waals surface area contributed by atoms with Gasteiger partial charge in [-0.1, -0.05) is 35.9 Å². The van der Waals surface area contributed by atoms with E-state index in [1.807, 2.05) is 48.5 Å². The molecule has 0 aliphatic heterocycles. The van der Waals surface area contributed by atoms with Crippen molar-refractivity contribution in [2.45, 2.75) is 6.54 Å². The molecule has 162 valence electrons. The molecule has 7 nitrogen and oxygen atoms in total. The van der Waals surface area contributed by atoms with Crippen molar-refractivity contribution in [1.82, 2.24) is 14.8 Å². The van der Waals surface area contributed by atoms with Gasteiger partial charge in [0.1, 0.15) is 11.5 Å². The summed E-state index contributed by atoms with van der Waals surface area (Å²) in [7, 11) is 3.13. The molecule has 0 radical (unpaired) electrons. The van der Waals surface area contributed by atoms with Crippen LogP contribution in [0.2, 0.25) is 5.02 Å². The molecule has 0 aliphatic carbocycles. The number of para-hydroxylation sites is 1. The number of hydrogen-bond donors (Lipinski definition) is 1. The SMILES string of the molecule is COc1ccc(-c2nc(NCc3ccc(Cl)cc3)n(C(=O)c3ccccc3OC)n2)cc1. The van der Waals surface area contributed by atoms with Crippen LogP contribution in [-0.4, -0.2) is 34.9 Å².